The Balaban J connectivity index is 1.62. The van der Waals surface area contributed by atoms with E-state index in [1.807, 2.05) is 36.7 Å². The average Bonchev–Trinajstić information content (AvgIpc) is 2.94. The molecule has 0 spiro atoms. The summed E-state index contributed by atoms with van der Waals surface area (Å²) < 4.78 is 1.94. The fraction of sp³-hybridized carbons (Fsp3) is 0.150. The number of aryl methyl sites for hydroxylation is 2. The molecule has 0 aliphatic carbocycles. The largest absolute Gasteiger partial charge is 0.271 e. The zero-order chi connectivity index (χ0) is 19.4. The zero-order valence-corrected chi connectivity index (χ0v) is 16.4. The predicted molar refractivity (Wildman–Crippen MR) is 109 cm³/mol. The molecule has 3 rings (SSSR count). The molecule has 0 aliphatic heterocycles. The second kappa shape index (κ2) is 8.37. The number of hydrogen-bond donors (Lipinski definition) is 1. The van der Waals surface area contributed by atoms with Crippen molar-refractivity contribution in [3.8, 4) is 0 Å². The van der Waals surface area contributed by atoms with Crippen LogP contribution in [0.25, 0.3) is 0 Å². The van der Waals surface area contributed by atoms with Gasteiger partial charge in [0.2, 0.25) is 0 Å². The van der Waals surface area contributed by atoms with Crippen molar-refractivity contribution >= 4 is 35.3 Å². The van der Waals surface area contributed by atoms with Gasteiger partial charge in [0, 0.05) is 21.8 Å². The normalized spacial score (nSPS) is 11.1. The first-order valence-electron chi connectivity index (χ1n) is 8.31. The van der Waals surface area contributed by atoms with E-state index >= 15 is 0 Å². The van der Waals surface area contributed by atoms with Crippen LogP contribution in [0.1, 0.15) is 32.9 Å². The molecule has 0 unspecified atom stereocenters. The van der Waals surface area contributed by atoms with Crippen molar-refractivity contribution in [1.29, 1.82) is 0 Å². The van der Waals surface area contributed by atoms with Crippen LogP contribution in [0.4, 0.5) is 0 Å². The summed E-state index contributed by atoms with van der Waals surface area (Å²) in [6.07, 6.45) is 1.48. The minimum atomic E-state index is -0.297. The van der Waals surface area contributed by atoms with Crippen LogP contribution >= 0.6 is 23.2 Å². The number of aromatic nitrogens is 2. The van der Waals surface area contributed by atoms with E-state index in [1.165, 1.54) is 6.21 Å². The number of halogens is 2. The molecule has 0 atom stereocenters. The standard InChI is InChI=1S/C20H18Cl2N4O/c1-13-9-14(2)26(25-13)12-15-3-5-16(6-4-15)20(27)24-23-11-17-7-8-18(21)10-19(17)22/h3-11H,12H2,1-2H3,(H,24,27). The van der Waals surface area contributed by atoms with E-state index in [4.69, 9.17) is 23.2 Å². The molecule has 0 aliphatic rings. The minimum Gasteiger partial charge on any atom is -0.267 e. The van der Waals surface area contributed by atoms with Crippen molar-refractivity contribution in [2.24, 2.45) is 5.10 Å². The minimum absolute atomic E-state index is 0.297. The van der Waals surface area contributed by atoms with Gasteiger partial charge in [0.25, 0.3) is 5.91 Å². The molecule has 0 saturated heterocycles. The second-order valence-electron chi connectivity index (χ2n) is 6.15. The summed E-state index contributed by atoms with van der Waals surface area (Å²) in [5.41, 5.74) is 6.83. The molecule has 138 valence electrons. The van der Waals surface area contributed by atoms with Crippen LogP contribution in [-0.4, -0.2) is 21.9 Å². The molecular formula is C20H18Cl2N4O. The molecule has 1 heterocycles. The monoisotopic (exact) mass is 400 g/mol. The highest BCUT2D eigenvalue weighted by atomic mass is 35.5. The summed E-state index contributed by atoms with van der Waals surface area (Å²) in [6.45, 7) is 4.65. The maximum atomic E-state index is 12.2. The van der Waals surface area contributed by atoms with Crippen molar-refractivity contribution in [3.05, 3.63) is 86.7 Å². The zero-order valence-electron chi connectivity index (χ0n) is 14.9. The third-order valence-corrected chi connectivity index (χ3v) is 4.55. The van der Waals surface area contributed by atoms with Gasteiger partial charge in [0.15, 0.2) is 0 Å². The third kappa shape index (κ3) is 4.96. The Labute approximate surface area is 167 Å². The van der Waals surface area contributed by atoms with Crippen LogP contribution in [0.3, 0.4) is 0 Å². The summed E-state index contributed by atoms with van der Waals surface area (Å²) >= 11 is 11.9. The Morgan fingerprint density at radius 3 is 2.52 bits per heavy atom. The molecule has 1 amide bonds. The molecule has 0 radical (unpaired) electrons. The van der Waals surface area contributed by atoms with E-state index in [0.29, 0.717) is 27.7 Å². The number of benzene rings is 2. The summed E-state index contributed by atoms with van der Waals surface area (Å²) in [7, 11) is 0. The van der Waals surface area contributed by atoms with E-state index in [2.05, 4.69) is 15.6 Å². The van der Waals surface area contributed by atoms with Gasteiger partial charge in [-0.15, -0.1) is 0 Å². The van der Waals surface area contributed by atoms with Crippen LogP contribution in [0.2, 0.25) is 10.0 Å². The molecule has 7 heteroatoms. The van der Waals surface area contributed by atoms with Gasteiger partial charge in [-0.25, -0.2) is 5.43 Å². The van der Waals surface area contributed by atoms with Crippen molar-refractivity contribution in [2.75, 3.05) is 0 Å². The SMILES string of the molecule is Cc1cc(C)n(Cc2ccc(C(=O)NN=Cc3ccc(Cl)cc3Cl)cc2)n1. The predicted octanol–water partition coefficient (Wildman–Crippen LogP) is 4.62. The van der Waals surface area contributed by atoms with Crippen LogP contribution in [0.15, 0.2) is 53.6 Å². The van der Waals surface area contributed by atoms with Gasteiger partial charge < -0.3 is 0 Å². The molecule has 0 saturated carbocycles. The van der Waals surface area contributed by atoms with Crippen LogP contribution in [-0.2, 0) is 6.54 Å². The van der Waals surface area contributed by atoms with Gasteiger partial charge in [-0.3, -0.25) is 9.48 Å². The molecule has 27 heavy (non-hydrogen) atoms. The Kier molecular flexibility index (Phi) is 5.94. The number of nitrogens with zero attached hydrogens (tertiary/aromatic N) is 3. The lowest BCUT2D eigenvalue weighted by molar-refractivity contribution is 0.0955. The average molecular weight is 401 g/mol. The van der Waals surface area contributed by atoms with Gasteiger partial charge in [0.05, 0.1) is 23.5 Å². The lowest BCUT2D eigenvalue weighted by Crippen LogP contribution is -2.17. The summed E-state index contributed by atoms with van der Waals surface area (Å²) in [5.74, 6) is -0.297. The van der Waals surface area contributed by atoms with Crippen molar-refractivity contribution < 1.29 is 4.79 Å². The maximum Gasteiger partial charge on any atom is 0.271 e. The van der Waals surface area contributed by atoms with E-state index < -0.39 is 0 Å². The van der Waals surface area contributed by atoms with Crippen molar-refractivity contribution in [2.45, 2.75) is 20.4 Å². The van der Waals surface area contributed by atoms with Crippen LogP contribution in [0, 0.1) is 13.8 Å². The Morgan fingerprint density at radius 1 is 1.15 bits per heavy atom. The smallest absolute Gasteiger partial charge is 0.267 e. The molecule has 0 bridgehead atoms. The van der Waals surface area contributed by atoms with Crippen LogP contribution < -0.4 is 5.43 Å². The van der Waals surface area contributed by atoms with Crippen LogP contribution in [0.5, 0.6) is 0 Å². The molecular weight excluding hydrogens is 383 g/mol. The summed E-state index contributed by atoms with van der Waals surface area (Å²) in [4.78, 5) is 12.2. The molecule has 1 N–H and O–H groups in total. The van der Waals surface area contributed by atoms with E-state index in [1.54, 1.807) is 30.3 Å². The molecule has 0 fully saturated rings. The first-order chi connectivity index (χ1) is 12.9. The molecule has 3 aromatic rings. The van der Waals surface area contributed by atoms with E-state index in [9.17, 15) is 4.79 Å². The highest BCUT2D eigenvalue weighted by Crippen LogP contribution is 2.19. The Morgan fingerprint density at radius 2 is 1.89 bits per heavy atom. The number of hydrogen-bond acceptors (Lipinski definition) is 3. The second-order valence-corrected chi connectivity index (χ2v) is 6.99. The number of nitrogens with one attached hydrogen (secondary N) is 1. The van der Waals surface area contributed by atoms with Crippen molar-refractivity contribution in [1.82, 2.24) is 15.2 Å². The number of amides is 1. The number of carbonyl (C=O) groups excluding carboxylic acids is 1. The summed E-state index contributed by atoms with van der Waals surface area (Å²) in [5, 5.41) is 9.40. The first kappa shape index (κ1) is 19.1. The van der Waals surface area contributed by atoms with Gasteiger partial charge in [0.1, 0.15) is 0 Å². The van der Waals surface area contributed by atoms with Gasteiger partial charge >= 0.3 is 0 Å². The molecule has 1 aromatic heterocycles. The first-order valence-corrected chi connectivity index (χ1v) is 9.06. The van der Waals surface area contributed by atoms with E-state index in [0.717, 1.165) is 17.0 Å². The third-order valence-electron chi connectivity index (χ3n) is 3.98. The topological polar surface area (TPSA) is 59.3 Å². The highest BCUT2D eigenvalue weighted by molar-refractivity contribution is 6.36. The fourth-order valence-corrected chi connectivity index (χ4v) is 3.06. The highest BCUT2D eigenvalue weighted by Gasteiger charge is 2.06. The lowest BCUT2D eigenvalue weighted by atomic mass is 10.1. The molecule has 5 nitrogen and oxygen atoms in total. The lowest BCUT2D eigenvalue weighted by Gasteiger charge is -2.06. The number of hydrazone groups is 1. The van der Waals surface area contributed by atoms with E-state index in [-0.39, 0.29) is 5.91 Å². The maximum absolute atomic E-state index is 12.2. The quantitative estimate of drug-likeness (QED) is 0.501. The van der Waals surface area contributed by atoms with Gasteiger partial charge in [-0.2, -0.15) is 10.2 Å². The number of carbonyl (C=O) groups is 1. The molecule has 2 aromatic carbocycles. The van der Waals surface area contributed by atoms with Gasteiger partial charge in [-0.1, -0.05) is 41.4 Å². The fourth-order valence-electron chi connectivity index (χ4n) is 2.60. The Hall–Kier alpha value is -2.63. The van der Waals surface area contributed by atoms with Crippen molar-refractivity contribution in [3.63, 3.8) is 0 Å². The van der Waals surface area contributed by atoms with Gasteiger partial charge in [-0.05, 0) is 49.7 Å². The Bertz CT molecular complexity index is 994. The number of rotatable bonds is 5. The summed E-state index contributed by atoms with van der Waals surface area (Å²) in [6, 6.07) is 14.4.